The molecule has 1 saturated heterocycles. The zero-order valence-corrected chi connectivity index (χ0v) is 16.2. The molecule has 27 heavy (non-hydrogen) atoms. The highest BCUT2D eigenvalue weighted by Crippen LogP contribution is 2.21. The molecule has 1 aliphatic heterocycles. The van der Waals surface area contributed by atoms with Crippen LogP contribution in [-0.2, 0) is 4.74 Å². The molecule has 0 aromatic carbocycles. The molecule has 0 spiro atoms. The van der Waals surface area contributed by atoms with Gasteiger partial charge < -0.3 is 20.3 Å². The molecule has 1 atom stereocenters. The lowest BCUT2D eigenvalue weighted by atomic mass is 10.2. The van der Waals surface area contributed by atoms with Gasteiger partial charge in [-0.15, -0.1) is 5.10 Å². The first-order valence-electron chi connectivity index (χ1n) is 9.09. The standard InChI is InChI=1S/C18H26N6O3/c1-18(2,3)27-17(26)23-9-5-6-12(23)10-20-14-7-8-15-21-11-13(16(25)19-4)24(15)22-14/h7-8,11-12H,5-6,9-10H2,1-4H3,(H,19,25)(H,20,22)/t12-/m0/s1. The lowest BCUT2D eigenvalue weighted by Gasteiger charge is -2.28. The van der Waals surface area contributed by atoms with Gasteiger partial charge in [-0.05, 0) is 45.7 Å². The predicted octanol–water partition coefficient (Wildman–Crippen LogP) is 1.90. The van der Waals surface area contributed by atoms with Crippen molar-refractivity contribution in [2.24, 2.45) is 0 Å². The molecule has 3 rings (SSSR count). The molecule has 2 aromatic rings. The molecule has 146 valence electrons. The van der Waals surface area contributed by atoms with Gasteiger partial charge >= 0.3 is 6.09 Å². The summed E-state index contributed by atoms with van der Waals surface area (Å²) >= 11 is 0. The van der Waals surface area contributed by atoms with Crippen LogP contribution in [0.15, 0.2) is 18.3 Å². The van der Waals surface area contributed by atoms with Crippen LogP contribution >= 0.6 is 0 Å². The van der Waals surface area contributed by atoms with E-state index in [9.17, 15) is 9.59 Å². The molecule has 1 fully saturated rings. The fourth-order valence-electron chi connectivity index (χ4n) is 3.08. The fourth-order valence-corrected chi connectivity index (χ4v) is 3.08. The monoisotopic (exact) mass is 374 g/mol. The number of ether oxygens (including phenoxy) is 1. The van der Waals surface area contributed by atoms with Crippen LogP contribution in [0, 0.1) is 0 Å². The van der Waals surface area contributed by atoms with Gasteiger partial charge in [0.25, 0.3) is 5.91 Å². The van der Waals surface area contributed by atoms with Gasteiger partial charge in [0.1, 0.15) is 11.4 Å². The number of anilines is 1. The molecular weight excluding hydrogens is 348 g/mol. The summed E-state index contributed by atoms with van der Waals surface area (Å²) in [5.41, 5.74) is 0.449. The van der Waals surface area contributed by atoms with Crippen LogP contribution < -0.4 is 10.6 Å². The Kier molecular flexibility index (Phi) is 5.20. The van der Waals surface area contributed by atoms with Crippen LogP contribution in [-0.4, -0.2) is 63.3 Å². The van der Waals surface area contributed by atoms with E-state index in [0.717, 1.165) is 12.8 Å². The highest BCUT2D eigenvalue weighted by atomic mass is 16.6. The molecule has 0 saturated carbocycles. The molecule has 1 aliphatic rings. The molecule has 0 aliphatic carbocycles. The van der Waals surface area contributed by atoms with E-state index in [1.54, 1.807) is 18.0 Å². The van der Waals surface area contributed by atoms with E-state index in [0.29, 0.717) is 30.2 Å². The molecule has 2 amide bonds. The van der Waals surface area contributed by atoms with Gasteiger partial charge in [0.15, 0.2) is 11.3 Å². The molecule has 3 heterocycles. The second kappa shape index (κ2) is 7.42. The van der Waals surface area contributed by atoms with Gasteiger partial charge in [0, 0.05) is 20.1 Å². The molecule has 0 radical (unpaired) electrons. The maximum atomic E-state index is 12.4. The number of amides is 2. The average molecular weight is 374 g/mol. The molecule has 2 N–H and O–H groups in total. The lowest BCUT2D eigenvalue weighted by Crippen LogP contribution is -2.42. The second-order valence-electron chi connectivity index (χ2n) is 7.56. The Labute approximate surface area is 158 Å². The Morgan fingerprint density at radius 2 is 2.11 bits per heavy atom. The number of aromatic nitrogens is 3. The highest BCUT2D eigenvalue weighted by Gasteiger charge is 2.32. The number of nitrogens with one attached hydrogen (secondary N) is 2. The minimum absolute atomic E-state index is 0.0403. The number of imidazole rings is 1. The van der Waals surface area contributed by atoms with Crippen molar-refractivity contribution in [3.05, 3.63) is 24.0 Å². The van der Waals surface area contributed by atoms with Crippen molar-refractivity contribution in [2.75, 3.05) is 25.5 Å². The Balaban J connectivity index is 1.68. The molecule has 0 unspecified atom stereocenters. The van der Waals surface area contributed by atoms with E-state index in [1.165, 1.54) is 10.7 Å². The first kappa shape index (κ1) is 18.9. The normalized spacial score (nSPS) is 17.2. The van der Waals surface area contributed by atoms with Crippen LogP contribution in [0.25, 0.3) is 5.65 Å². The Morgan fingerprint density at radius 1 is 1.33 bits per heavy atom. The van der Waals surface area contributed by atoms with Crippen molar-refractivity contribution in [3.8, 4) is 0 Å². The summed E-state index contributed by atoms with van der Waals surface area (Å²) in [6.45, 7) is 6.84. The number of hydrogen-bond donors (Lipinski definition) is 2. The summed E-state index contributed by atoms with van der Waals surface area (Å²) in [5, 5.41) is 10.3. The molecule has 9 nitrogen and oxygen atoms in total. The quantitative estimate of drug-likeness (QED) is 0.848. The van der Waals surface area contributed by atoms with E-state index in [2.05, 4.69) is 20.7 Å². The van der Waals surface area contributed by atoms with Gasteiger partial charge in [-0.2, -0.15) is 0 Å². The average Bonchev–Trinajstić information content (AvgIpc) is 3.24. The molecule has 0 bridgehead atoms. The summed E-state index contributed by atoms with van der Waals surface area (Å²) < 4.78 is 6.99. The third kappa shape index (κ3) is 4.29. The number of carbonyl (C=O) groups excluding carboxylic acids is 2. The Morgan fingerprint density at radius 3 is 2.81 bits per heavy atom. The van der Waals surface area contributed by atoms with Gasteiger partial charge in [-0.1, -0.05) is 0 Å². The summed E-state index contributed by atoms with van der Waals surface area (Å²) in [6, 6.07) is 3.64. The van der Waals surface area contributed by atoms with Crippen molar-refractivity contribution in [1.29, 1.82) is 0 Å². The van der Waals surface area contributed by atoms with Crippen LogP contribution in [0.1, 0.15) is 44.1 Å². The van der Waals surface area contributed by atoms with E-state index < -0.39 is 5.60 Å². The number of carbonyl (C=O) groups is 2. The summed E-state index contributed by atoms with van der Waals surface area (Å²) in [5.74, 6) is 0.362. The highest BCUT2D eigenvalue weighted by molar-refractivity contribution is 5.92. The second-order valence-corrected chi connectivity index (χ2v) is 7.56. The number of rotatable bonds is 4. The zero-order chi connectivity index (χ0) is 19.6. The van der Waals surface area contributed by atoms with Gasteiger partial charge in [-0.25, -0.2) is 14.3 Å². The van der Waals surface area contributed by atoms with Crippen molar-refractivity contribution in [3.63, 3.8) is 0 Å². The SMILES string of the molecule is CNC(=O)c1cnc2ccc(NC[C@@H]3CCCN3C(=O)OC(C)(C)C)nn12. The maximum absolute atomic E-state index is 12.4. The largest absolute Gasteiger partial charge is 0.444 e. The van der Waals surface area contributed by atoms with Crippen molar-refractivity contribution in [2.45, 2.75) is 45.3 Å². The smallest absolute Gasteiger partial charge is 0.410 e. The van der Waals surface area contributed by atoms with Gasteiger partial charge in [-0.3, -0.25) is 4.79 Å². The summed E-state index contributed by atoms with van der Waals surface area (Å²) in [6.07, 6.45) is 3.06. The maximum Gasteiger partial charge on any atom is 0.410 e. The number of hydrogen-bond acceptors (Lipinski definition) is 6. The fraction of sp³-hybridized carbons (Fsp3) is 0.556. The first-order chi connectivity index (χ1) is 12.8. The summed E-state index contributed by atoms with van der Waals surface area (Å²) in [4.78, 5) is 30.2. The van der Waals surface area contributed by atoms with Gasteiger partial charge in [0.2, 0.25) is 0 Å². The summed E-state index contributed by atoms with van der Waals surface area (Å²) in [7, 11) is 1.56. The van der Waals surface area contributed by atoms with E-state index in [4.69, 9.17) is 4.74 Å². The van der Waals surface area contributed by atoms with E-state index in [-0.39, 0.29) is 18.0 Å². The lowest BCUT2D eigenvalue weighted by molar-refractivity contribution is 0.0235. The molecule has 9 heteroatoms. The van der Waals surface area contributed by atoms with Crippen molar-refractivity contribution < 1.29 is 14.3 Å². The Bertz CT molecular complexity index is 841. The number of nitrogens with zero attached hydrogens (tertiary/aromatic N) is 4. The van der Waals surface area contributed by atoms with Gasteiger partial charge in [0.05, 0.1) is 12.2 Å². The third-order valence-corrected chi connectivity index (χ3v) is 4.35. The molecular formula is C18H26N6O3. The Hall–Kier alpha value is -2.84. The minimum Gasteiger partial charge on any atom is -0.444 e. The van der Waals surface area contributed by atoms with Crippen LogP contribution in [0.4, 0.5) is 10.6 Å². The van der Waals surface area contributed by atoms with E-state index in [1.807, 2.05) is 26.8 Å². The third-order valence-electron chi connectivity index (χ3n) is 4.35. The molecule has 2 aromatic heterocycles. The number of likely N-dealkylation sites (tertiary alicyclic amines) is 1. The van der Waals surface area contributed by atoms with Crippen molar-refractivity contribution in [1.82, 2.24) is 24.8 Å². The van der Waals surface area contributed by atoms with Crippen molar-refractivity contribution >= 4 is 23.5 Å². The predicted molar refractivity (Wildman–Crippen MR) is 101 cm³/mol. The first-order valence-corrected chi connectivity index (χ1v) is 9.09. The topological polar surface area (TPSA) is 101 Å². The van der Waals surface area contributed by atoms with E-state index >= 15 is 0 Å². The zero-order valence-electron chi connectivity index (χ0n) is 16.2. The number of fused-ring (bicyclic) bond motifs is 1. The van der Waals surface area contributed by atoms with Crippen LogP contribution in [0.3, 0.4) is 0 Å². The van der Waals surface area contributed by atoms with Crippen LogP contribution in [0.5, 0.6) is 0 Å². The van der Waals surface area contributed by atoms with Crippen LogP contribution in [0.2, 0.25) is 0 Å². The minimum atomic E-state index is -0.512.